The van der Waals surface area contributed by atoms with Gasteiger partial charge in [-0.2, -0.15) is 0 Å². The molecule has 0 fully saturated rings. The van der Waals surface area contributed by atoms with Gasteiger partial charge >= 0.3 is 0 Å². The minimum atomic E-state index is 0.488. The maximum atomic E-state index is 3.33. The molecule has 0 aromatic heterocycles. The first-order valence-corrected chi connectivity index (χ1v) is 5.35. The Bertz CT molecular complexity index is 66.6. The largest absolute Gasteiger partial charge is 0.307 e. The Hall–Kier alpha value is 0.820. The van der Waals surface area contributed by atoms with Crippen LogP contribution in [0.25, 0.3) is 0 Å². The van der Waals surface area contributed by atoms with Gasteiger partial charge in [-0.3, -0.25) is 0 Å². The average Bonchev–Trinajstić information content (AvgIpc) is 1.87. The number of nitrogens with one attached hydrogen (secondary N) is 1. The van der Waals surface area contributed by atoms with E-state index in [0.717, 1.165) is 6.54 Å². The highest BCUT2D eigenvalue weighted by molar-refractivity contribution is 7.37. The Morgan fingerprint density at radius 3 is 2.40 bits per heavy atom. The van der Waals surface area contributed by atoms with Gasteiger partial charge in [0.15, 0.2) is 0 Å². The highest BCUT2D eigenvalue weighted by Gasteiger charge is 1.90. The van der Waals surface area contributed by atoms with Gasteiger partial charge in [-0.1, -0.05) is 26.2 Å². The van der Waals surface area contributed by atoms with E-state index in [-0.39, 0.29) is 0 Å². The van der Waals surface area contributed by atoms with Crippen molar-refractivity contribution < 1.29 is 0 Å². The monoisotopic (exact) mass is 179 g/mol. The molecule has 0 aliphatic carbocycles. The second kappa shape index (κ2) is 7.92. The molecule has 1 N–H and O–H groups in total. The lowest BCUT2D eigenvalue weighted by Crippen LogP contribution is -2.18. The molecule has 0 radical (unpaired) electrons. The van der Waals surface area contributed by atoms with Gasteiger partial charge in [0.1, 0.15) is 0 Å². The van der Waals surface area contributed by atoms with E-state index in [4.69, 9.17) is 0 Å². The molecule has 0 saturated carbocycles. The Kier molecular flexibility index (Phi) is 8.57. The van der Waals surface area contributed by atoms with Gasteiger partial charge in [0, 0.05) is 5.52 Å². The molecular weight excluding hydrogens is 160 g/mol. The predicted molar refractivity (Wildman–Crippen MR) is 55.4 cm³/mol. The molecule has 3 heteroatoms. The minimum absolute atomic E-state index is 0.488. The van der Waals surface area contributed by atoms with Crippen molar-refractivity contribution in [2.24, 2.45) is 0 Å². The van der Waals surface area contributed by atoms with Crippen molar-refractivity contribution in [2.45, 2.75) is 38.1 Å². The molecule has 62 valence electrons. The Labute approximate surface area is 69.1 Å². The van der Waals surface area contributed by atoms with Crippen molar-refractivity contribution in [3.63, 3.8) is 0 Å². The highest BCUT2D eigenvalue weighted by atomic mass is 31.1. The van der Waals surface area contributed by atoms with E-state index in [1.807, 2.05) is 0 Å². The number of unbranched alkanes of at least 4 members (excludes halogenated alkanes) is 3. The van der Waals surface area contributed by atoms with Crippen LogP contribution in [0.5, 0.6) is 0 Å². The summed E-state index contributed by atoms with van der Waals surface area (Å²) in [7, 11) is 5.42. The third kappa shape index (κ3) is 8.82. The smallest absolute Gasteiger partial charge is 0.0351 e. The lowest BCUT2D eigenvalue weighted by molar-refractivity contribution is 0.622. The lowest BCUT2D eigenvalue weighted by Gasteiger charge is -2.06. The molecule has 0 amide bonds. The molecule has 0 saturated heterocycles. The van der Waals surface area contributed by atoms with Crippen LogP contribution in [-0.2, 0) is 0 Å². The fraction of sp³-hybridized carbons (Fsp3) is 1.00. The molecule has 1 nitrogen and oxygen atoms in total. The first-order valence-electron chi connectivity index (χ1n) is 4.02. The summed E-state index contributed by atoms with van der Waals surface area (Å²) in [5.74, 6) is 0. The van der Waals surface area contributed by atoms with Gasteiger partial charge in [0.2, 0.25) is 0 Å². The second-order valence-corrected chi connectivity index (χ2v) is 4.75. The van der Waals surface area contributed by atoms with Crippen LogP contribution in [0.2, 0.25) is 0 Å². The number of hydrogen-bond donors (Lipinski definition) is 1. The first-order chi connectivity index (χ1) is 4.77. The standard InChI is InChI=1S/C7H19NP2/c1-2-3-4-5-6-8-7(9)10/h7-8H,2-6,9-10H2,1H3. The molecule has 0 aliphatic rings. The highest BCUT2D eigenvalue weighted by Crippen LogP contribution is 2.04. The van der Waals surface area contributed by atoms with Crippen LogP contribution in [0, 0.1) is 0 Å². The molecule has 0 aromatic rings. The van der Waals surface area contributed by atoms with E-state index in [9.17, 15) is 0 Å². The third-order valence-electron chi connectivity index (χ3n) is 1.41. The average molecular weight is 179 g/mol. The van der Waals surface area contributed by atoms with E-state index in [1.54, 1.807) is 0 Å². The van der Waals surface area contributed by atoms with Crippen molar-refractivity contribution in [3.8, 4) is 0 Å². The van der Waals surface area contributed by atoms with Crippen LogP contribution in [0.3, 0.4) is 0 Å². The Balaban J connectivity index is 2.77. The second-order valence-electron chi connectivity index (χ2n) is 2.54. The van der Waals surface area contributed by atoms with E-state index in [2.05, 4.69) is 30.7 Å². The quantitative estimate of drug-likeness (QED) is 0.487. The molecule has 0 aliphatic heterocycles. The molecule has 0 heterocycles. The van der Waals surface area contributed by atoms with Crippen LogP contribution in [0.4, 0.5) is 0 Å². The summed E-state index contributed by atoms with van der Waals surface area (Å²) in [6.07, 6.45) is 5.38. The summed E-state index contributed by atoms with van der Waals surface area (Å²) < 4.78 is 0. The SMILES string of the molecule is CCCCCCNC(P)P. The van der Waals surface area contributed by atoms with Crippen molar-refractivity contribution in [1.82, 2.24) is 5.32 Å². The Morgan fingerprint density at radius 1 is 1.20 bits per heavy atom. The van der Waals surface area contributed by atoms with Crippen LogP contribution >= 0.6 is 18.5 Å². The van der Waals surface area contributed by atoms with Crippen LogP contribution in [0.1, 0.15) is 32.6 Å². The Morgan fingerprint density at radius 2 is 1.90 bits per heavy atom. The number of hydrogen-bond acceptors (Lipinski definition) is 1. The molecule has 0 rings (SSSR count). The summed E-state index contributed by atoms with van der Waals surface area (Å²) in [5, 5.41) is 3.33. The molecule has 2 unspecified atom stereocenters. The molecular formula is C7H19NP2. The first kappa shape index (κ1) is 10.8. The van der Waals surface area contributed by atoms with E-state index < -0.39 is 0 Å². The normalized spacial score (nSPS) is 10.8. The van der Waals surface area contributed by atoms with Crippen LogP contribution in [0.15, 0.2) is 0 Å². The summed E-state index contributed by atoms with van der Waals surface area (Å²) in [4.78, 5) is 0. The van der Waals surface area contributed by atoms with Crippen molar-refractivity contribution in [1.29, 1.82) is 0 Å². The van der Waals surface area contributed by atoms with E-state index >= 15 is 0 Å². The summed E-state index contributed by atoms with van der Waals surface area (Å²) in [6, 6.07) is 0. The summed E-state index contributed by atoms with van der Waals surface area (Å²) in [6.45, 7) is 3.39. The summed E-state index contributed by atoms with van der Waals surface area (Å²) in [5.41, 5.74) is 0.488. The number of rotatable bonds is 6. The maximum Gasteiger partial charge on any atom is 0.0351 e. The van der Waals surface area contributed by atoms with Crippen molar-refractivity contribution >= 4 is 18.5 Å². The molecule has 0 spiro atoms. The van der Waals surface area contributed by atoms with Gasteiger partial charge in [-0.05, 0) is 13.0 Å². The zero-order valence-corrected chi connectivity index (χ0v) is 9.08. The van der Waals surface area contributed by atoms with Gasteiger partial charge in [0.05, 0.1) is 0 Å². The van der Waals surface area contributed by atoms with Gasteiger partial charge < -0.3 is 5.32 Å². The van der Waals surface area contributed by atoms with Gasteiger partial charge in [0.25, 0.3) is 0 Å². The molecule has 2 atom stereocenters. The summed E-state index contributed by atoms with van der Waals surface area (Å²) >= 11 is 0. The zero-order valence-electron chi connectivity index (χ0n) is 6.77. The van der Waals surface area contributed by atoms with Crippen LogP contribution < -0.4 is 5.32 Å². The molecule has 0 aromatic carbocycles. The fourth-order valence-electron chi connectivity index (χ4n) is 0.821. The zero-order chi connectivity index (χ0) is 7.82. The van der Waals surface area contributed by atoms with E-state index in [1.165, 1.54) is 25.7 Å². The third-order valence-corrected chi connectivity index (χ3v) is 1.88. The van der Waals surface area contributed by atoms with Gasteiger partial charge in [-0.25, -0.2) is 0 Å². The van der Waals surface area contributed by atoms with Crippen molar-refractivity contribution in [3.05, 3.63) is 0 Å². The molecule has 10 heavy (non-hydrogen) atoms. The molecule has 0 bridgehead atoms. The lowest BCUT2D eigenvalue weighted by atomic mass is 10.2. The topological polar surface area (TPSA) is 12.0 Å². The maximum absolute atomic E-state index is 3.33. The van der Waals surface area contributed by atoms with Crippen LogP contribution in [-0.4, -0.2) is 12.1 Å². The fourth-order valence-corrected chi connectivity index (χ4v) is 1.15. The van der Waals surface area contributed by atoms with Crippen molar-refractivity contribution in [2.75, 3.05) is 6.54 Å². The predicted octanol–water partition coefficient (Wildman–Crippen LogP) is 2.19. The van der Waals surface area contributed by atoms with Gasteiger partial charge in [-0.15, -0.1) is 18.5 Å². The minimum Gasteiger partial charge on any atom is -0.307 e. The van der Waals surface area contributed by atoms with E-state index in [0.29, 0.717) is 5.52 Å².